The van der Waals surface area contributed by atoms with Crippen molar-refractivity contribution in [1.82, 2.24) is 15.2 Å². The van der Waals surface area contributed by atoms with Crippen molar-refractivity contribution >= 4 is 0 Å². The maximum Gasteiger partial charge on any atom is 0.0548 e. The molecule has 0 aromatic carbocycles. The molecule has 100 valence electrons. The lowest BCUT2D eigenvalue weighted by atomic mass is 10.1. The Hall–Kier alpha value is -0.930. The SMILES string of the molecule is CCC1CCC(C)N1Cc1cccc(CNC)n1. The maximum absolute atomic E-state index is 4.72. The van der Waals surface area contributed by atoms with Crippen LogP contribution in [0, 0.1) is 0 Å². The smallest absolute Gasteiger partial charge is 0.0548 e. The molecule has 1 aromatic rings. The van der Waals surface area contributed by atoms with Gasteiger partial charge in [0.15, 0.2) is 0 Å². The standard InChI is InChI=1S/C15H25N3/c1-4-15-9-8-12(2)18(15)11-14-7-5-6-13(17-14)10-16-3/h5-7,12,15-16H,4,8-11H2,1-3H3. The van der Waals surface area contributed by atoms with E-state index in [9.17, 15) is 0 Å². The maximum atomic E-state index is 4.72. The van der Waals surface area contributed by atoms with E-state index in [1.165, 1.54) is 25.0 Å². The van der Waals surface area contributed by atoms with Crippen molar-refractivity contribution in [2.45, 2.75) is 58.3 Å². The summed E-state index contributed by atoms with van der Waals surface area (Å²) in [7, 11) is 1.96. The lowest BCUT2D eigenvalue weighted by molar-refractivity contribution is 0.187. The van der Waals surface area contributed by atoms with Crippen LogP contribution in [0.4, 0.5) is 0 Å². The van der Waals surface area contributed by atoms with Gasteiger partial charge in [-0.15, -0.1) is 0 Å². The van der Waals surface area contributed by atoms with Crippen LogP contribution < -0.4 is 5.32 Å². The minimum absolute atomic E-state index is 0.699. The van der Waals surface area contributed by atoms with Gasteiger partial charge in [0.05, 0.1) is 11.4 Å². The highest BCUT2D eigenvalue weighted by molar-refractivity contribution is 5.11. The molecule has 0 radical (unpaired) electrons. The molecule has 0 bridgehead atoms. The van der Waals surface area contributed by atoms with Gasteiger partial charge >= 0.3 is 0 Å². The van der Waals surface area contributed by atoms with Crippen LogP contribution in [-0.4, -0.2) is 29.0 Å². The molecule has 1 aromatic heterocycles. The predicted molar refractivity (Wildman–Crippen MR) is 75.3 cm³/mol. The third-order valence-corrected chi connectivity index (χ3v) is 3.99. The molecule has 0 amide bonds. The Balaban J connectivity index is 2.05. The predicted octanol–water partition coefficient (Wildman–Crippen LogP) is 2.56. The molecule has 2 unspecified atom stereocenters. The zero-order chi connectivity index (χ0) is 13.0. The summed E-state index contributed by atoms with van der Waals surface area (Å²) in [4.78, 5) is 7.34. The fourth-order valence-corrected chi connectivity index (χ4v) is 2.93. The minimum Gasteiger partial charge on any atom is -0.314 e. The Labute approximate surface area is 111 Å². The second-order valence-electron chi connectivity index (χ2n) is 5.31. The van der Waals surface area contributed by atoms with Crippen molar-refractivity contribution in [1.29, 1.82) is 0 Å². The number of hydrogen-bond acceptors (Lipinski definition) is 3. The van der Waals surface area contributed by atoms with Gasteiger partial charge in [-0.05, 0) is 45.4 Å². The van der Waals surface area contributed by atoms with Gasteiger partial charge < -0.3 is 5.32 Å². The van der Waals surface area contributed by atoms with E-state index in [1.807, 2.05) is 7.05 Å². The first-order valence-electron chi connectivity index (χ1n) is 7.09. The number of nitrogens with zero attached hydrogens (tertiary/aromatic N) is 2. The first-order chi connectivity index (χ1) is 8.74. The van der Waals surface area contributed by atoms with Gasteiger partial charge in [-0.3, -0.25) is 9.88 Å². The number of likely N-dealkylation sites (tertiary alicyclic amines) is 1. The van der Waals surface area contributed by atoms with E-state index in [0.717, 1.165) is 24.8 Å². The third-order valence-electron chi connectivity index (χ3n) is 3.99. The van der Waals surface area contributed by atoms with Crippen molar-refractivity contribution in [2.24, 2.45) is 0 Å². The Morgan fingerprint density at radius 2 is 2.11 bits per heavy atom. The third kappa shape index (κ3) is 3.09. The minimum atomic E-state index is 0.699. The number of aromatic nitrogens is 1. The summed E-state index contributed by atoms with van der Waals surface area (Å²) in [6, 6.07) is 7.80. The zero-order valence-corrected chi connectivity index (χ0v) is 11.8. The zero-order valence-electron chi connectivity index (χ0n) is 11.8. The van der Waals surface area contributed by atoms with Crippen molar-refractivity contribution in [3.05, 3.63) is 29.6 Å². The summed E-state index contributed by atoms with van der Waals surface area (Å²) in [5.41, 5.74) is 2.34. The molecule has 2 atom stereocenters. The summed E-state index contributed by atoms with van der Waals surface area (Å²) in [6.07, 6.45) is 3.92. The van der Waals surface area contributed by atoms with E-state index in [4.69, 9.17) is 4.98 Å². The lowest BCUT2D eigenvalue weighted by Gasteiger charge is -2.27. The van der Waals surface area contributed by atoms with E-state index in [2.05, 4.69) is 42.3 Å². The molecular weight excluding hydrogens is 222 g/mol. The first-order valence-corrected chi connectivity index (χ1v) is 7.09. The summed E-state index contributed by atoms with van der Waals surface area (Å²) in [5, 5.41) is 3.16. The van der Waals surface area contributed by atoms with Crippen LogP contribution in [0.2, 0.25) is 0 Å². The van der Waals surface area contributed by atoms with Crippen LogP contribution in [0.25, 0.3) is 0 Å². The molecule has 2 heterocycles. The summed E-state index contributed by atoms with van der Waals surface area (Å²) in [5.74, 6) is 0. The molecule has 0 saturated carbocycles. The molecule has 1 fully saturated rings. The number of rotatable bonds is 5. The number of hydrogen-bond donors (Lipinski definition) is 1. The Kier molecular flexibility index (Phi) is 4.72. The Bertz CT molecular complexity index is 378. The van der Waals surface area contributed by atoms with Gasteiger partial charge in [0, 0.05) is 25.2 Å². The first kappa shape index (κ1) is 13.5. The van der Waals surface area contributed by atoms with Gasteiger partial charge in [0.1, 0.15) is 0 Å². The van der Waals surface area contributed by atoms with Gasteiger partial charge in [-0.1, -0.05) is 13.0 Å². The van der Waals surface area contributed by atoms with Gasteiger partial charge in [-0.25, -0.2) is 0 Å². The molecule has 1 saturated heterocycles. The summed E-state index contributed by atoms with van der Waals surface area (Å²) >= 11 is 0. The quantitative estimate of drug-likeness (QED) is 0.867. The average molecular weight is 247 g/mol. The molecular formula is C15H25N3. The van der Waals surface area contributed by atoms with Crippen LogP contribution >= 0.6 is 0 Å². The van der Waals surface area contributed by atoms with E-state index in [-0.39, 0.29) is 0 Å². The molecule has 2 rings (SSSR count). The van der Waals surface area contributed by atoms with Crippen LogP contribution in [0.5, 0.6) is 0 Å². The largest absolute Gasteiger partial charge is 0.314 e. The topological polar surface area (TPSA) is 28.2 Å². The van der Waals surface area contributed by atoms with E-state index in [0.29, 0.717) is 6.04 Å². The molecule has 18 heavy (non-hydrogen) atoms. The van der Waals surface area contributed by atoms with Gasteiger partial charge in [-0.2, -0.15) is 0 Å². The molecule has 0 aliphatic carbocycles. The fraction of sp³-hybridized carbons (Fsp3) is 0.667. The highest BCUT2D eigenvalue weighted by Crippen LogP contribution is 2.27. The van der Waals surface area contributed by atoms with Crippen LogP contribution in [0.1, 0.15) is 44.5 Å². The number of pyridine rings is 1. The molecule has 1 N–H and O–H groups in total. The van der Waals surface area contributed by atoms with Crippen molar-refractivity contribution in [3.63, 3.8) is 0 Å². The van der Waals surface area contributed by atoms with Crippen molar-refractivity contribution in [3.8, 4) is 0 Å². The molecule has 1 aliphatic rings. The normalized spacial score (nSPS) is 24.6. The van der Waals surface area contributed by atoms with E-state index < -0.39 is 0 Å². The monoisotopic (exact) mass is 247 g/mol. The van der Waals surface area contributed by atoms with E-state index >= 15 is 0 Å². The second-order valence-corrected chi connectivity index (χ2v) is 5.31. The Morgan fingerprint density at radius 3 is 2.83 bits per heavy atom. The fourth-order valence-electron chi connectivity index (χ4n) is 2.93. The molecule has 3 heteroatoms. The van der Waals surface area contributed by atoms with Crippen LogP contribution in [0.3, 0.4) is 0 Å². The summed E-state index contributed by atoms with van der Waals surface area (Å²) < 4.78 is 0. The lowest BCUT2D eigenvalue weighted by Crippen LogP contribution is -2.33. The molecule has 3 nitrogen and oxygen atoms in total. The van der Waals surface area contributed by atoms with E-state index in [1.54, 1.807) is 0 Å². The highest BCUT2D eigenvalue weighted by atomic mass is 15.2. The average Bonchev–Trinajstić information content (AvgIpc) is 2.72. The van der Waals surface area contributed by atoms with Gasteiger partial charge in [0.2, 0.25) is 0 Å². The van der Waals surface area contributed by atoms with Crippen molar-refractivity contribution in [2.75, 3.05) is 7.05 Å². The summed E-state index contributed by atoms with van der Waals surface area (Å²) in [6.45, 7) is 6.48. The van der Waals surface area contributed by atoms with Crippen LogP contribution in [-0.2, 0) is 13.1 Å². The Morgan fingerprint density at radius 1 is 1.33 bits per heavy atom. The molecule has 0 spiro atoms. The second kappa shape index (κ2) is 6.30. The van der Waals surface area contributed by atoms with Gasteiger partial charge in [0.25, 0.3) is 0 Å². The highest BCUT2D eigenvalue weighted by Gasteiger charge is 2.29. The van der Waals surface area contributed by atoms with Crippen molar-refractivity contribution < 1.29 is 0 Å². The van der Waals surface area contributed by atoms with Crippen LogP contribution in [0.15, 0.2) is 18.2 Å². The number of nitrogens with one attached hydrogen (secondary N) is 1. The molecule has 1 aliphatic heterocycles.